The van der Waals surface area contributed by atoms with E-state index in [1.54, 1.807) is 0 Å². The third-order valence-corrected chi connectivity index (χ3v) is 2.27. The summed E-state index contributed by atoms with van der Waals surface area (Å²) in [5.74, 6) is -2.01. The third kappa shape index (κ3) is 4.91. The number of amides is 1. The van der Waals surface area contributed by atoms with Gasteiger partial charge in [-0.15, -0.1) is 0 Å². The molecule has 0 spiro atoms. The van der Waals surface area contributed by atoms with Crippen molar-refractivity contribution < 1.29 is 13.6 Å². The van der Waals surface area contributed by atoms with Crippen LogP contribution in [0.2, 0.25) is 0 Å². The minimum atomic E-state index is -0.925. The minimum absolute atomic E-state index is 0.0662. The Morgan fingerprint density at radius 1 is 1.24 bits per heavy atom. The summed E-state index contributed by atoms with van der Waals surface area (Å²) in [4.78, 5) is 11.4. The van der Waals surface area contributed by atoms with Crippen molar-refractivity contribution in [2.24, 2.45) is 0 Å². The molecule has 0 bridgehead atoms. The smallest absolute Gasteiger partial charge is 0.224 e. The summed E-state index contributed by atoms with van der Waals surface area (Å²) in [5, 5.41) is 5.67. The van der Waals surface area contributed by atoms with Gasteiger partial charge in [0.15, 0.2) is 11.6 Å². The molecule has 2 N–H and O–H groups in total. The van der Waals surface area contributed by atoms with E-state index in [9.17, 15) is 13.6 Å². The van der Waals surface area contributed by atoms with E-state index in [4.69, 9.17) is 0 Å². The van der Waals surface area contributed by atoms with Crippen LogP contribution in [-0.2, 0) is 11.2 Å². The van der Waals surface area contributed by atoms with Crippen LogP contribution in [-0.4, -0.2) is 26.0 Å². The van der Waals surface area contributed by atoms with E-state index in [0.29, 0.717) is 12.1 Å². The number of halogens is 2. The first-order valence-corrected chi connectivity index (χ1v) is 5.48. The molecule has 0 saturated carbocycles. The van der Waals surface area contributed by atoms with Crippen LogP contribution >= 0.6 is 0 Å². The summed E-state index contributed by atoms with van der Waals surface area (Å²) < 4.78 is 25.5. The molecule has 1 aromatic carbocycles. The maximum atomic E-state index is 12.9. The third-order valence-electron chi connectivity index (χ3n) is 2.27. The lowest BCUT2D eigenvalue weighted by Crippen LogP contribution is -2.27. The highest BCUT2D eigenvalue weighted by Crippen LogP contribution is 2.08. The zero-order chi connectivity index (χ0) is 12.7. The molecule has 1 rings (SSSR count). The average molecular weight is 242 g/mol. The van der Waals surface area contributed by atoms with Crippen molar-refractivity contribution in [2.75, 3.05) is 20.1 Å². The van der Waals surface area contributed by atoms with E-state index in [-0.39, 0.29) is 12.3 Å². The minimum Gasteiger partial charge on any atom is -0.356 e. The van der Waals surface area contributed by atoms with Crippen molar-refractivity contribution in [1.82, 2.24) is 10.6 Å². The van der Waals surface area contributed by atoms with Crippen LogP contribution in [0, 0.1) is 11.6 Å². The van der Waals surface area contributed by atoms with Crippen molar-refractivity contribution in [3.8, 4) is 0 Å². The van der Waals surface area contributed by atoms with Crippen LogP contribution in [0.4, 0.5) is 8.78 Å². The Bertz CT molecular complexity index is 383. The van der Waals surface area contributed by atoms with Crippen molar-refractivity contribution in [3.05, 3.63) is 35.4 Å². The fourth-order valence-corrected chi connectivity index (χ4v) is 1.39. The van der Waals surface area contributed by atoms with Crippen molar-refractivity contribution in [1.29, 1.82) is 0 Å². The molecule has 0 saturated heterocycles. The van der Waals surface area contributed by atoms with Gasteiger partial charge in [0.25, 0.3) is 0 Å². The number of carbonyl (C=O) groups is 1. The van der Waals surface area contributed by atoms with Gasteiger partial charge in [-0.1, -0.05) is 6.07 Å². The predicted octanol–water partition coefficient (Wildman–Crippen LogP) is 1.23. The Morgan fingerprint density at radius 3 is 2.65 bits per heavy atom. The molecule has 0 unspecified atom stereocenters. The molecule has 0 atom stereocenters. The molecule has 1 aromatic rings. The van der Waals surface area contributed by atoms with Gasteiger partial charge in [0.05, 0.1) is 6.42 Å². The summed E-state index contributed by atoms with van der Waals surface area (Å²) >= 11 is 0. The van der Waals surface area contributed by atoms with E-state index in [2.05, 4.69) is 10.6 Å². The molecule has 0 fully saturated rings. The zero-order valence-corrected chi connectivity index (χ0v) is 9.72. The van der Waals surface area contributed by atoms with Gasteiger partial charge < -0.3 is 10.6 Å². The number of benzene rings is 1. The zero-order valence-electron chi connectivity index (χ0n) is 9.72. The second-order valence-electron chi connectivity index (χ2n) is 3.73. The molecule has 3 nitrogen and oxygen atoms in total. The summed E-state index contributed by atoms with van der Waals surface area (Å²) in [5.41, 5.74) is 0.468. The second kappa shape index (κ2) is 6.96. The first kappa shape index (κ1) is 13.6. The van der Waals surface area contributed by atoms with Crippen LogP contribution in [0.1, 0.15) is 12.0 Å². The van der Waals surface area contributed by atoms with E-state index < -0.39 is 11.6 Å². The van der Waals surface area contributed by atoms with Gasteiger partial charge in [-0.3, -0.25) is 4.79 Å². The van der Waals surface area contributed by atoms with Crippen molar-refractivity contribution in [3.63, 3.8) is 0 Å². The highest BCUT2D eigenvalue weighted by atomic mass is 19.2. The van der Waals surface area contributed by atoms with Gasteiger partial charge in [-0.2, -0.15) is 0 Å². The number of hydrogen-bond acceptors (Lipinski definition) is 2. The standard InChI is InChI=1S/C12H16F2N2O/c1-15-5-2-6-16-12(17)8-9-3-4-10(13)11(14)7-9/h3-4,7,15H,2,5-6,8H2,1H3,(H,16,17). The lowest BCUT2D eigenvalue weighted by Gasteiger charge is -2.05. The Hall–Kier alpha value is -1.49. The normalized spacial score (nSPS) is 10.3. The van der Waals surface area contributed by atoms with E-state index in [1.165, 1.54) is 6.07 Å². The Labute approximate surface area is 99.2 Å². The summed E-state index contributed by atoms with van der Waals surface area (Å²) in [6, 6.07) is 3.48. The van der Waals surface area contributed by atoms with Gasteiger partial charge >= 0.3 is 0 Å². The van der Waals surface area contributed by atoms with Crippen LogP contribution in [0.15, 0.2) is 18.2 Å². The lowest BCUT2D eigenvalue weighted by molar-refractivity contribution is -0.120. The average Bonchev–Trinajstić information content (AvgIpc) is 2.30. The van der Waals surface area contributed by atoms with Crippen LogP contribution in [0.5, 0.6) is 0 Å². The molecule has 0 aliphatic carbocycles. The molecule has 0 radical (unpaired) electrons. The Kier molecular flexibility index (Phi) is 5.56. The molecular weight excluding hydrogens is 226 g/mol. The molecule has 94 valence electrons. The van der Waals surface area contributed by atoms with Crippen LogP contribution in [0.25, 0.3) is 0 Å². The van der Waals surface area contributed by atoms with Crippen molar-refractivity contribution in [2.45, 2.75) is 12.8 Å². The van der Waals surface area contributed by atoms with Crippen LogP contribution < -0.4 is 10.6 Å². The summed E-state index contributed by atoms with van der Waals surface area (Å²) in [6.07, 6.45) is 0.900. The van der Waals surface area contributed by atoms with E-state index >= 15 is 0 Å². The quantitative estimate of drug-likeness (QED) is 0.737. The fraction of sp³-hybridized carbons (Fsp3) is 0.417. The lowest BCUT2D eigenvalue weighted by atomic mass is 10.1. The SMILES string of the molecule is CNCCCNC(=O)Cc1ccc(F)c(F)c1. The monoisotopic (exact) mass is 242 g/mol. The first-order chi connectivity index (χ1) is 8.13. The number of carbonyl (C=O) groups excluding carboxylic acids is 1. The van der Waals surface area contributed by atoms with Gasteiger partial charge in [0.2, 0.25) is 5.91 Å². The highest BCUT2D eigenvalue weighted by Gasteiger charge is 2.06. The number of hydrogen-bond donors (Lipinski definition) is 2. The van der Waals surface area contributed by atoms with Gasteiger partial charge in [-0.25, -0.2) is 8.78 Å². The molecule has 5 heteroatoms. The molecular formula is C12H16F2N2O. The van der Waals surface area contributed by atoms with Gasteiger partial charge in [-0.05, 0) is 37.7 Å². The summed E-state index contributed by atoms with van der Waals surface area (Å²) in [7, 11) is 1.84. The van der Waals surface area contributed by atoms with Crippen molar-refractivity contribution >= 4 is 5.91 Å². The maximum Gasteiger partial charge on any atom is 0.224 e. The predicted molar refractivity (Wildman–Crippen MR) is 61.6 cm³/mol. The Morgan fingerprint density at radius 2 is 2.00 bits per heavy atom. The molecule has 1 amide bonds. The number of rotatable bonds is 6. The van der Waals surface area contributed by atoms with Gasteiger partial charge in [0.1, 0.15) is 0 Å². The fourth-order valence-electron chi connectivity index (χ4n) is 1.39. The second-order valence-corrected chi connectivity index (χ2v) is 3.73. The Balaban J connectivity index is 2.37. The largest absolute Gasteiger partial charge is 0.356 e. The number of nitrogens with one attached hydrogen (secondary N) is 2. The molecule has 0 aromatic heterocycles. The highest BCUT2D eigenvalue weighted by molar-refractivity contribution is 5.78. The molecule has 0 aliphatic rings. The van der Waals surface area contributed by atoms with E-state index in [1.807, 2.05) is 7.05 Å². The van der Waals surface area contributed by atoms with Gasteiger partial charge in [0, 0.05) is 6.54 Å². The molecule has 0 aliphatic heterocycles. The first-order valence-electron chi connectivity index (χ1n) is 5.48. The maximum absolute atomic E-state index is 12.9. The topological polar surface area (TPSA) is 41.1 Å². The molecule has 0 heterocycles. The summed E-state index contributed by atoms with van der Waals surface area (Å²) in [6.45, 7) is 1.40. The molecule has 17 heavy (non-hydrogen) atoms. The van der Waals surface area contributed by atoms with E-state index in [0.717, 1.165) is 25.1 Å². The van der Waals surface area contributed by atoms with Crippen LogP contribution in [0.3, 0.4) is 0 Å².